The molecule has 0 aromatic carbocycles. The molecule has 1 heterocycles. The Balaban J connectivity index is 2.59. The van der Waals surface area contributed by atoms with Crippen molar-refractivity contribution < 1.29 is 0 Å². The SMILES string of the molecule is C[C@@H]1C[C@H](C)CN(C(C)(C)CN)C1. The third kappa shape index (κ3) is 2.68. The number of likely N-dealkylation sites (tertiary alicyclic amines) is 1. The Morgan fingerprint density at radius 3 is 2.08 bits per heavy atom. The molecule has 1 fully saturated rings. The molecule has 0 aliphatic carbocycles. The molecule has 1 rings (SSSR count). The smallest absolute Gasteiger partial charge is 0.0275 e. The van der Waals surface area contributed by atoms with E-state index in [9.17, 15) is 0 Å². The summed E-state index contributed by atoms with van der Waals surface area (Å²) in [5, 5.41) is 0. The summed E-state index contributed by atoms with van der Waals surface area (Å²) in [6.45, 7) is 12.4. The molecule has 2 atom stereocenters. The number of hydrogen-bond acceptors (Lipinski definition) is 2. The maximum atomic E-state index is 5.79. The second-order valence-electron chi connectivity index (χ2n) is 5.37. The summed E-state index contributed by atoms with van der Waals surface area (Å²) in [7, 11) is 0. The van der Waals surface area contributed by atoms with Gasteiger partial charge in [0.05, 0.1) is 0 Å². The van der Waals surface area contributed by atoms with E-state index in [4.69, 9.17) is 5.73 Å². The minimum atomic E-state index is 0.183. The molecule has 0 aromatic heterocycles. The summed E-state index contributed by atoms with van der Waals surface area (Å²) < 4.78 is 0. The molecule has 2 heteroatoms. The van der Waals surface area contributed by atoms with Gasteiger partial charge in [0.1, 0.15) is 0 Å². The number of nitrogens with two attached hydrogens (primary N) is 1. The van der Waals surface area contributed by atoms with Crippen molar-refractivity contribution in [2.24, 2.45) is 17.6 Å². The number of rotatable bonds is 2. The van der Waals surface area contributed by atoms with E-state index in [2.05, 4.69) is 32.6 Å². The molecule has 0 bridgehead atoms. The first-order chi connectivity index (χ1) is 5.95. The summed E-state index contributed by atoms with van der Waals surface area (Å²) in [4.78, 5) is 2.55. The van der Waals surface area contributed by atoms with Crippen LogP contribution in [0.5, 0.6) is 0 Å². The fourth-order valence-corrected chi connectivity index (χ4v) is 2.29. The van der Waals surface area contributed by atoms with Gasteiger partial charge in [0.15, 0.2) is 0 Å². The first-order valence-corrected chi connectivity index (χ1v) is 5.41. The summed E-state index contributed by atoms with van der Waals surface area (Å²) in [6.07, 6.45) is 1.37. The highest BCUT2D eigenvalue weighted by molar-refractivity contribution is 4.87. The molecule has 0 saturated carbocycles. The van der Waals surface area contributed by atoms with E-state index in [-0.39, 0.29) is 5.54 Å². The van der Waals surface area contributed by atoms with Crippen LogP contribution in [0, 0.1) is 11.8 Å². The van der Waals surface area contributed by atoms with Crippen molar-refractivity contribution in [2.45, 2.75) is 39.7 Å². The normalized spacial score (nSPS) is 32.1. The van der Waals surface area contributed by atoms with Gasteiger partial charge in [-0.05, 0) is 32.1 Å². The van der Waals surface area contributed by atoms with Crippen LogP contribution in [0.15, 0.2) is 0 Å². The molecule has 2 nitrogen and oxygen atoms in total. The maximum absolute atomic E-state index is 5.79. The zero-order valence-electron chi connectivity index (χ0n) is 9.51. The first kappa shape index (κ1) is 11.0. The van der Waals surface area contributed by atoms with Crippen molar-refractivity contribution in [3.63, 3.8) is 0 Å². The average molecular weight is 184 g/mol. The van der Waals surface area contributed by atoms with Crippen LogP contribution in [-0.2, 0) is 0 Å². The van der Waals surface area contributed by atoms with E-state index in [0.717, 1.165) is 18.4 Å². The highest BCUT2D eigenvalue weighted by Gasteiger charge is 2.31. The standard InChI is InChI=1S/C11H24N2/c1-9-5-10(2)7-13(6-9)11(3,4)8-12/h9-10H,5-8,12H2,1-4H3/t9-,10+. The molecule has 78 valence electrons. The largest absolute Gasteiger partial charge is 0.329 e. The lowest BCUT2D eigenvalue weighted by molar-refractivity contribution is 0.0510. The summed E-state index contributed by atoms with van der Waals surface area (Å²) in [5.41, 5.74) is 5.97. The molecular weight excluding hydrogens is 160 g/mol. The van der Waals surface area contributed by atoms with Crippen molar-refractivity contribution >= 4 is 0 Å². The fraction of sp³-hybridized carbons (Fsp3) is 1.00. The zero-order chi connectivity index (χ0) is 10.1. The van der Waals surface area contributed by atoms with E-state index in [1.54, 1.807) is 0 Å². The van der Waals surface area contributed by atoms with Gasteiger partial charge in [-0.2, -0.15) is 0 Å². The van der Waals surface area contributed by atoms with E-state index < -0.39 is 0 Å². The van der Waals surface area contributed by atoms with Crippen molar-refractivity contribution in [1.29, 1.82) is 0 Å². The third-order valence-electron chi connectivity index (χ3n) is 3.22. The topological polar surface area (TPSA) is 29.3 Å². The number of piperidine rings is 1. The van der Waals surface area contributed by atoms with Crippen LogP contribution < -0.4 is 5.73 Å². The van der Waals surface area contributed by atoms with Crippen LogP contribution in [-0.4, -0.2) is 30.1 Å². The minimum Gasteiger partial charge on any atom is -0.329 e. The number of nitrogens with zero attached hydrogens (tertiary/aromatic N) is 1. The van der Waals surface area contributed by atoms with Gasteiger partial charge in [-0.3, -0.25) is 4.90 Å². The van der Waals surface area contributed by atoms with Crippen molar-refractivity contribution in [1.82, 2.24) is 4.90 Å². The van der Waals surface area contributed by atoms with Gasteiger partial charge in [-0.1, -0.05) is 13.8 Å². The van der Waals surface area contributed by atoms with Gasteiger partial charge < -0.3 is 5.73 Å². The van der Waals surface area contributed by atoms with Crippen molar-refractivity contribution in [3.8, 4) is 0 Å². The van der Waals surface area contributed by atoms with Crippen LogP contribution in [0.25, 0.3) is 0 Å². The Morgan fingerprint density at radius 2 is 1.69 bits per heavy atom. The Morgan fingerprint density at radius 1 is 1.23 bits per heavy atom. The van der Waals surface area contributed by atoms with Crippen LogP contribution in [0.2, 0.25) is 0 Å². The van der Waals surface area contributed by atoms with Crippen LogP contribution in [0.3, 0.4) is 0 Å². The van der Waals surface area contributed by atoms with Crippen molar-refractivity contribution in [2.75, 3.05) is 19.6 Å². The molecule has 1 aliphatic heterocycles. The lowest BCUT2D eigenvalue weighted by Crippen LogP contribution is -2.54. The molecule has 0 amide bonds. The predicted molar refractivity (Wildman–Crippen MR) is 57.7 cm³/mol. The first-order valence-electron chi connectivity index (χ1n) is 5.41. The maximum Gasteiger partial charge on any atom is 0.0275 e. The molecule has 0 aromatic rings. The Bertz CT molecular complexity index is 155. The monoisotopic (exact) mass is 184 g/mol. The van der Waals surface area contributed by atoms with Gasteiger partial charge in [0, 0.05) is 25.2 Å². The highest BCUT2D eigenvalue weighted by atomic mass is 15.2. The van der Waals surface area contributed by atoms with Gasteiger partial charge in [0.2, 0.25) is 0 Å². The Hall–Kier alpha value is -0.0800. The summed E-state index contributed by atoms with van der Waals surface area (Å²) in [5.74, 6) is 1.66. The van der Waals surface area contributed by atoms with E-state index in [1.165, 1.54) is 19.5 Å². The van der Waals surface area contributed by atoms with Gasteiger partial charge >= 0.3 is 0 Å². The van der Waals surface area contributed by atoms with E-state index in [1.807, 2.05) is 0 Å². The average Bonchev–Trinajstić information content (AvgIpc) is 2.02. The molecule has 0 radical (unpaired) electrons. The van der Waals surface area contributed by atoms with Crippen molar-refractivity contribution in [3.05, 3.63) is 0 Å². The molecular formula is C11H24N2. The Kier molecular flexibility index (Phi) is 3.36. The molecule has 2 N–H and O–H groups in total. The molecule has 1 saturated heterocycles. The van der Waals surface area contributed by atoms with Crippen LogP contribution in [0.1, 0.15) is 34.1 Å². The van der Waals surface area contributed by atoms with Crippen LogP contribution in [0.4, 0.5) is 0 Å². The highest BCUT2D eigenvalue weighted by Crippen LogP contribution is 2.26. The lowest BCUT2D eigenvalue weighted by atomic mass is 9.88. The molecule has 1 aliphatic rings. The predicted octanol–water partition coefficient (Wildman–Crippen LogP) is 1.70. The second kappa shape index (κ2) is 3.97. The molecule has 0 spiro atoms. The third-order valence-corrected chi connectivity index (χ3v) is 3.22. The van der Waals surface area contributed by atoms with E-state index >= 15 is 0 Å². The molecule has 13 heavy (non-hydrogen) atoms. The summed E-state index contributed by atoms with van der Waals surface area (Å²) >= 11 is 0. The van der Waals surface area contributed by atoms with Gasteiger partial charge in [-0.25, -0.2) is 0 Å². The molecule has 0 unspecified atom stereocenters. The zero-order valence-corrected chi connectivity index (χ0v) is 9.51. The second-order valence-corrected chi connectivity index (χ2v) is 5.37. The summed E-state index contributed by atoms with van der Waals surface area (Å²) in [6, 6.07) is 0. The lowest BCUT2D eigenvalue weighted by Gasteiger charge is -2.44. The Labute approximate surface area is 82.5 Å². The fourth-order valence-electron chi connectivity index (χ4n) is 2.29. The van der Waals surface area contributed by atoms with Gasteiger partial charge in [-0.15, -0.1) is 0 Å². The quantitative estimate of drug-likeness (QED) is 0.708. The van der Waals surface area contributed by atoms with E-state index in [0.29, 0.717) is 0 Å². The van der Waals surface area contributed by atoms with Gasteiger partial charge in [0.25, 0.3) is 0 Å². The van der Waals surface area contributed by atoms with Crippen LogP contribution >= 0.6 is 0 Å². The minimum absolute atomic E-state index is 0.183. The number of hydrogen-bond donors (Lipinski definition) is 1.